The molecule has 1 atom stereocenters. The van der Waals surface area contributed by atoms with Crippen molar-refractivity contribution in [1.29, 1.82) is 0 Å². The van der Waals surface area contributed by atoms with E-state index in [2.05, 4.69) is 9.97 Å². The first-order valence-electron chi connectivity index (χ1n) is 7.44. The standard InChI is InChI=1S/C16H17N3O3S/c1-11-8-18-12(9-17-11)16(21)22-10-15(20)19-6-2-4-13(19)14-5-3-7-23-14/h3,5,7-9,13H,2,4,6,10H2,1H3/t13-/m0/s1. The third-order valence-corrected chi connectivity index (χ3v) is 4.74. The Bertz CT molecular complexity index is 685. The first-order chi connectivity index (χ1) is 11.1. The van der Waals surface area contributed by atoms with E-state index in [4.69, 9.17) is 4.74 Å². The molecule has 0 aromatic carbocycles. The van der Waals surface area contributed by atoms with Gasteiger partial charge in [0, 0.05) is 17.6 Å². The number of likely N-dealkylation sites (tertiary alicyclic amines) is 1. The fourth-order valence-electron chi connectivity index (χ4n) is 2.62. The second-order valence-electron chi connectivity index (χ2n) is 5.38. The van der Waals surface area contributed by atoms with Gasteiger partial charge in [0.05, 0.1) is 17.9 Å². The molecular formula is C16H17N3O3S. The normalized spacial score (nSPS) is 17.3. The Balaban J connectivity index is 1.58. The summed E-state index contributed by atoms with van der Waals surface area (Å²) in [7, 11) is 0. The number of hydrogen-bond donors (Lipinski definition) is 0. The molecule has 0 aliphatic carbocycles. The third kappa shape index (κ3) is 3.56. The minimum absolute atomic E-state index is 0.0976. The Morgan fingerprint density at radius 1 is 1.39 bits per heavy atom. The van der Waals surface area contributed by atoms with Crippen molar-refractivity contribution < 1.29 is 14.3 Å². The summed E-state index contributed by atoms with van der Waals surface area (Å²) in [4.78, 5) is 35.2. The highest BCUT2D eigenvalue weighted by Gasteiger charge is 2.31. The van der Waals surface area contributed by atoms with Gasteiger partial charge in [0.2, 0.25) is 0 Å². The number of carbonyl (C=O) groups is 2. The van der Waals surface area contributed by atoms with Crippen molar-refractivity contribution in [2.24, 2.45) is 0 Å². The molecular weight excluding hydrogens is 314 g/mol. The van der Waals surface area contributed by atoms with Gasteiger partial charge in [-0.1, -0.05) is 6.07 Å². The van der Waals surface area contributed by atoms with Gasteiger partial charge in [0.15, 0.2) is 12.3 Å². The lowest BCUT2D eigenvalue weighted by atomic mass is 10.2. The van der Waals surface area contributed by atoms with Crippen LogP contribution in [0.2, 0.25) is 0 Å². The second-order valence-corrected chi connectivity index (χ2v) is 6.36. The quantitative estimate of drug-likeness (QED) is 0.804. The first kappa shape index (κ1) is 15.6. The van der Waals surface area contributed by atoms with Crippen LogP contribution in [-0.2, 0) is 9.53 Å². The molecule has 1 saturated heterocycles. The maximum atomic E-state index is 12.4. The number of hydrogen-bond acceptors (Lipinski definition) is 6. The number of rotatable bonds is 4. The number of aryl methyl sites for hydroxylation is 1. The van der Waals surface area contributed by atoms with E-state index in [1.54, 1.807) is 23.2 Å². The molecule has 0 radical (unpaired) electrons. The zero-order valence-electron chi connectivity index (χ0n) is 12.8. The molecule has 0 unspecified atom stereocenters. The lowest BCUT2D eigenvalue weighted by molar-refractivity contribution is -0.135. The van der Waals surface area contributed by atoms with Gasteiger partial charge in [0.1, 0.15) is 0 Å². The Kier molecular flexibility index (Phi) is 4.66. The molecule has 23 heavy (non-hydrogen) atoms. The summed E-state index contributed by atoms with van der Waals surface area (Å²) in [5.74, 6) is -0.799. The highest BCUT2D eigenvalue weighted by Crippen LogP contribution is 2.34. The molecule has 1 amide bonds. The van der Waals surface area contributed by atoms with Crippen LogP contribution in [0.15, 0.2) is 29.9 Å². The summed E-state index contributed by atoms with van der Waals surface area (Å²) < 4.78 is 5.08. The zero-order valence-corrected chi connectivity index (χ0v) is 13.6. The highest BCUT2D eigenvalue weighted by atomic mass is 32.1. The fraction of sp³-hybridized carbons (Fsp3) is 0.375. The molecule has 3 heterocycles. The van der Waals surface area contributed by atoms with Gasteiger partial charge in [-0.3, -0.25) is 9.78 Å². The van der Waals surface area contributed by atoms with Crippen molar-refractivity contribution in [2.75, 3.05) is 13.2 Å². The van der Waals surface area contributed by atoms with Crippen molar-refractivity contribution in [3.63, 3.8) is 0 Å². The number of ether oxygens (including phenoxy) is 1. The Labute approximate surface area is 138 Å². The number of aromatic nitrogens is 2. The summed E-state index contributed by atoms with van der Waals surface area (Å²) in [6.45, 7) is 2.21. The van der Waals surface area contributed by atoms with Gasteiger partial charge in [-0.05, 0) is 31.2 Å². The maximum absolute atomic E-state index is 12.4. The molecule has 0 spiro atoms. The second kappa shape index (κ2) is 6.87. The van der Waals surface area contributed by atoms with Crippen LogP contribution in [-0.4, -0.2) is 39.9 Å². The average Bonchev–Trinajstić information content (AvgIpc) is 3.23. The Morgan fingerprint density at radius 2 is 2.26 bits per heavy atom. The van der Waals surface area contributed by atoms with E-state index >= 15 is 0 Å². The maximum Gasteiger partial charge on any atom is 0.359 e. The Hall–Kier alpha value is -2.28. The number of esters is 1. The SMILES string of the molecule is Cc1cnc(C(=O)OCC(=O)N2CCC[C@H]2c2cccs2)cn1. The molecule has 1 aliphatic rings. The van der Waals surface area contributed by atoms with Crippen LogP contribution < -0.4 is 0 Å². The van der Waals surface area contributed by atoms with Gasteiger partial charge < -0.3 is 9.64 Å². The molecule has 2 aromatic heterocycles. The van der Waals surface area contributed by atoms with Crippen LogP contribution in [0.5, 0.6) is 0 Å². The average molecular weight is 331 g/mol. The van der Waals surface area contributed by atoms with Crippen LogP contribution in [0, 0.1) is 6.92 Å². The molecule has 1 aliphatic heterocycles. The first-order valence-corrected chi connectivity index (χ1v) is 8.32. The largest absolute Gasteiger partial charge is 0.451 e. The molecule has 3 rings (SSSR count). The number of thiophene rings is 1. The van der Waals surface area contributed by atoms with Crippen LogP contribution in [0.4, 0.5) is 0 Å². The van der Waals surface area contributed by atoms with Crippen molar-refractivity contribution >= 4 is 23.2 Å². The van der Waals surface area contributed by atoms with Gasteiger partial charge in [-0.25, -0.2) is 9.78 Å². The Morgan fingerprint density at radius 3 is 2.96 bits per heavy atom. The van der Waals surface area contributed by atoms with Gasteiger partial charge in [0.25, 0.3) is 5.91 Å². The van der Waals surface area contributed by atoms with Crippen molar-refractivity contribution in [1.82, 2.24) is 14.9 Å². The van der Waals surface area contributed by atoms with Crippen molar-refractivity contribution in [3.05, 3.63) is 46.2 Å². The van der Waals surface area contributed by atoms with E-state index in [9.17, 15) is 9.59 Å². The molecule has 6 nitrogen and oxygen atoms in total. The van der Waals surface area contributed by atoms with E-state index in [1.807, 2.05) is 17.5 Å². The van der Waals surface area contributed by atoms with E-state index < -0.39 is 5.97 Å². The van der Waals surface area contributed by atoms with Gasteiger partial charge >= 0.3 is 5.97 Å². The monoisotopic (exact) mass is 331 g/mol. The molecule has 0 N–H and O–H groups in total. The number of amides is 1. The van der Waals surface area contributed by atoms with Crippen LogP contribution in [0.25, 0.3) is 0 Å². The zero-order chi connectivity index (χ0) is 16.2. The van der Waals surface area contributed by atoms with E-state index in [-0.39, 0.29) is 24.2 Å². The molecule has 120 valence electrons. The summed E-state index contributed by atoms with van der Waals surface area (Å²) in [5, 5.41) is 2.01. The summed E-state index contributed by atoms with van der Waals surface area (Å²) in [6.07, 6.45) is 4.76. The molecule has 0 bridgehead atoms. The fourth-order valence-corrected chi connectivity index (χ4v) is 3.50. The van der Waals surface area contributed by atoms with Crippen molar-refractivity contribution in [2.45, 2.75) is 25.8 Å². The number of nitrogens with zero attached hydrogens (tertiary/aromatic N) is 3. The van der Waals surface area contributed by atoms with Crippen LogP contribution in [0.3, 0.4) is 0 Å². The summed E-state index contributed by atoms with van der Waals surface area (Å²) in [5.41, 5.74) is 0.827. The van der Waals surface area contributed by atoms with Crippen LogP contribution >= 0.6 is 11.3 Å². The van der Waals surface area contributed by atoms with Crippen LogP contribution in [0.1, 0.15) is 39.9 Å². The smallest absolute Gasteiger partial charge is 0.359 e. The minimum atomic E-state index is -0.627. The lowest BCUT2D eigenvalue weighted by Gasteiger charge is -2.23. The van der Waals surface area contributed by atoms with Crippen molar-refractivity contribution in [3.8, 4) is 0 Å². The lowest BCUT2D eigenvalue weighted by Crippen LogP contribution is -2.34. The predicted octanol–water partition coefficient (Wildman–Crippen LogP) is 2.37. The highest BCUT2D eigenvalue weighted by molar-refractivity contribution is 7.10. The predicted molar refractivity (Wildman–Crippen MR) is 85.1 cm³/mol. The number of carbonyl (C=O) groups excluding carboxylic acids is 2. The van der Waals surface area contributed by atoms with E-state index in [0.29, 0.717) is 12.2 Å². The van der Waals surface area contributed by atoms with Gasteiger partial charge in [-0.2, -0.15) is 0 Å². The molecule has 7 heteroatoms. The molecule has 0 saturated carbocycles. The summed E-state index contributed by atoms with van der Waals surface area (Å²) >= 11 is 1.64. The van der Waals surface area contributed by atoms with Gasteiger partial charge in [-0.15, -0.1) is 11.3 Å². The molecule has 2 aromatic rings. The summed E-state index contributed by atoms with van der Waals surface area (Å²) in [6, 6.07) is 4.12. The third-order valence-electron chi connectivity index (χ3n) is 3.76. The van der Waals surface area contributed by atoms with E-state index in [1.165, 1.54) is 17.3 Å². The van der Waals surface area contributed by atoms with E-state index in [0.717, 1.165) is 12.8 Å². The topological polar surface area (TPSA) is 72.4 Å². The minimum Gasteiger partial charge on any atom is -0.451 e. The molecule has 1 fully saturated rings.